The summed E-state index contributed by atoms with van der Waals surface area (Å²) >= 11 is 6.76. The highest BCUT2D eigenvalue weighted by Gasteiger charge is 2.52. The molecule has 21 heteroatoms. The molecule has 5 aliphatic heterocycles. The van der Waals surface area contributed by atoms with Gasteiger partial charge in [0.2, 0.25) is 11.8 Å². The van der Waals surface area contributed by atoms with E-state index in [1.807, 2.05) is 53.8 Å². The first-order valence-corrected chi connectivity index (χ1v) is 27.7. The Morgan fingerprint density at radius 2 is 1.79 bits per heavy atom. The van der Waals surface area contributed by atoms with Gasteiger partial charge in [0.1, 0.15) is 23.9 Å². The number of alkyl halides is 2. The first kappa shape index (κ1) is 54.5. The Kier molecular flexibility index (Phi) is 16.0. The lowest BCUT2D eigenvalue weighted by Gasteiger charge is -2.44. The molecule has 0 radical (unpaired) electrons. The topological polar surface area (TPSA) is 175 Å². The van der Waals surface area contributed by atoms with E-state index < -0.39 is 70.0 Å². The molecule has 4 saturated heterocycles. The highest BCUT2D eigenvalue weighted by atomic mass is 35.5. The number of esters is 1. The number of nitrogens with one attached hydrogen (secondary N) is 2. The Morgan fingerprint density at radius 3 is 2.49 bits per heavy atom. The molecular formula is C54H71ClF2N10O7S. The number of hydrogen-bond donors (Lipinski definition) is 2. The van der Waals surface area contributed by atoms with Crippen LogP contribution in [0.25, 0.3) is 33.4 Å². The second kappa shape index (κ2) is 22.0. The fraction of sp³-hybridized carbons (Fsp3) is 0.611. The molecule has 0 aliphatic carbocycles. The van der Waals surface area contributed by atoms with E-state index in [0.29, 0.717) is 61.3 Å². The van der Waals surface area contributed by atoms with Gasteiger partial charge in [-0.2, -0.15) is 0 Å². The first-order valence-electron chi connectivity index (χ1n) is 26.4. The van der Waals surface area contributed by atoms with Crippen molar-refractivity contribution in [3.8, 4) is 22.5 Å². The van der Waals surface area contributed by atoms with E-state index in [0.717, 1.165) is 59.8 Å². The normalized spacial score (nSPS) is 24.2. The average Bonchev–Trinajstić information content (AvgIpc) is 4.14. The summed E-state index contributed by atoms with van der Waals surface area (Å²) in [6.45, 7) is 16.4. The number of ether oxygens (including phenoxy) is 2. The Hall–Kier alpha value is -5.28. The molecule has 75 heavy (non-hydrogen) atoms. The van der Waals surface area contributed by atoms with Crippen LogP contribution in [0.2, 0.25) is 0 Å². The van der Waals surface area contributed by atoms with Gasteiger partial charge >= 0.3 is 5.97 Å². The number of carbonyl (C=O) groups is 5. The number of halogens is 3. The number of benzene rings is 1. The lowest BCUT2D eigenvalue weighted by Crippen LogP contribution is -2.63. The molecule has 9 rings (SSSR count). The number of hydrogen-bond acceptors (Lipinski definition) is 13. The maximum absolute atomic E-state index is 17.0. The number of piperazine rings is 1. The van der Waals surface area contributed by atoms with Crippen molar-refractivity contribution in [1.82, 2.24) is 45.0 Å². The van der Waals surface area contributed by atoms with Gasteiger partial charge in [-0.15, -0.1) is 11.3 Å². The first-order chi connectivity index (χ1) is 35.7. The number of likely N-dealkylation sites (N-methyl/N-ethyl adjacent to an activating group) is 1. The van der Waals surface area contributed by atoms with Gasteiger partial charge in [-0.05, 0) is 89.1 Å². The minimum absolute atomic E-state index is 0.00643. The second-order valence-electron chi connectivity index (χ2n) is 22.3. The molecule has 4 aromatic rings. The van der Waals surface area contributed by atoms with Gasteiger partial charge in [-0.1, -0.05) is 39.3 Å². The minimum Gasteiger partial charge on any atom is -0.464 e. The summed E-state index contributed by atoms with van der Waals surface area (Å²) in [7, 11) is 3.78. The smallest absolute Gasteiger partial charge is 0.324 e. The van der Waals surface area contributed by atoms with Crippen molar-refractivity contribution in [2.24, 2.45) is 16.7 Å². The van der Waals surface area contributed by atoms with Crippen LogP contribution in [0.15, 0.2) is 29.8 Å². The fourth-order valence-electron chi connectivity index (χ4n) is 11.9. The Labute approximate surface area is 446 Å². The molecule has 8 heterocycles. The van der Waals surface area contributed by atoms with Gasteiger partial charge in [0.25, 0.3) is 17.4 Å². The van der Waals surface area contributed by atoms with E-state index in [4.69, 9.17) is 31.0 Å². The van der Waals surface area contributed by atoms with Gasteiger partial charge in [-0.3, -0.25) is 34.0 Å². The van der Waals surface area contributed by atoms with Crippen LogP contribution in [-0.2, 0) is 52.8 Å². The van der Waals surface area contributed by atoms with Crippen LogP contribution in [0.3, 0.4) is 0 Å². The van der Waals surface area contributed by atoms with Crippen molar-refractivity contribution in [1.29, 1.82) is 0 Å². The number of likely N-dealkylation sites (tertiary alicyclic amines) is 2. The molecule has 1 aromatic carbocycles. The largest absolute Gasteiger partial charge is 0.464 e. The summed E-state index contributed by atoms with van der Waals surface area (Å²) in [6.07, 6.45) is 4.07. The molecule has 4 amide bonds. The number of thiazole rings is 1. The molecule has 17 nitrogen and oxygen atoms in total. The predicted octanol–water partition coefficient (Wildman–Crippen LogP) is 6.49. The summed E-state index contributed by atoms with van der Waals surface area (Å²) in [5.74, 6) is -3.70. The fourth-order valence-corrected chi connectivity index (χ4v) is 12.9. The van der Waals surface area contributed by atoms with Gasteiger partial charge in [0, 0.05) is 99.7 Å². The lowest BCUT2D eigenvalue weighted by atomic mass is 9.77. The Bertz CT molecular complexity index is 2830. The van der Waals surface area contributed by atoms with Crippen LogP contribution in [0.1, 0.15) is 96.0 Å². The van der Waals surface area contributed by atoms with Crippen molar-refractivity contribution in [3.05, 3.63) is 51.9 Å². The zero-order valence-electron chi connectivity index (χ0n) is 44.3. The van der Waals surface area contributed by atoms with Crippen LogP contribution >= 0.6 is 22.9 Å². The number of pyridine rings is 1. The Balaban J connectivity index is 1.11. The van der Waals surface area contributed by atoms with E-state index in [2.05, 4.69) is 38.2 Å². The number of methoxy groups -OCH3 is 1. The van der Waals surface area contributed by atoms with Crippen LogP contribution in [0.4, 0.5) is 14.5 Å². The third-order valence-corrected chi connectivity index (χ3v) is 17.1. The number of aromatic nitrogens is 3. The zero-order valence-corrected chi connectivity index (χ0v) is 45.9. The van der Waals surface area contributed by atoms with E-state index >= 15 is 4.39 Å². The molecular weight excluding hydrogens is 1010 g/mol. The summed E-state index contributed by atoms with van der Waals surface area (Å²) < 4.78 is 45.2. The number of carbonyl (C=O) groups excluding carboxylic acids is 5. The van der Waals surface area contributed by atoms with Gasteiger partial charge in [0.15, 0.2) is 0 Å². The lowest BCUT2D eigenvalue weighted by molar-refractivity contribution is -0.156. The van der Waals surface area contributed by atoms with E-state index in [1.165, 1.54) is 26.1 Å². The molecule has 1 spiro atoms. The van der Waals surface area contributed by atoms with E-state index in [-0.39, 0.29) is 56.8 Å². The van der Waals surface area contributed by atoms with Crippen LogP contribution in [0, 0.1) is 22.6 Å². The summed E-state index contributed by atoms with van der Waals surface area (Å²) in [5, 5.41) is 7.37. The number of anilines is 1. The number of piperidine rings is 1. The monoisotopic (exact) mass is 1080 g/mol. The Morgan fingerprint density at radius 1 is 1.03 bits per heavy atom. The number of fused-ring (bicyclic) bond motifs is 6. The number of rotatable bonds is 10. The molecule has 2 N–H and O–H groups in total. The molecule has 0 saturated carbocycles. The number of aryl methyl sites for hydroxylation is 1. The van der Waals surface area contributed by atoms with Crippen molar-refractivity contribution in [2.45, 2.75) is 123 Å². The number of nitrogens with zero attached hydrogens (tertiary/aromatic N) is 8. The summed E-state index contributed by atoms with van der Waals surface area (Å²) in [5.41, 5.74) is 4.95. The zero-order chi connectivity index (χ0) is 53.7. The molecule has 6 bridgehead atoms. The van der Waals surface area contributed by atoms with Gasteiger partial charge in [-0.25, -0.2) is 19.2 Å². The number of cyclic esters (lactones) is 1. The minimum atomic E-state index is -2.23. The van der Waals surface area contributed by atoms with E-state index in [9.17, 15) is 28.4 Å². The van der Waals surface area contributed by atoms with Crippen molar-refractivity contribution < 1.29 is 42.2 Å². The second-order valence-corrected chi connectivity index (χ2v) is 23.6. The highest BCUT2D eigenvalue weighted by Crippen LogP contribution is 2.45. The molecule has 5 aliphatic rings. The van der Waals surface area contributed by atoms with Crippen LogP contribution in [0.5, 0.6) is 0 Å². The average molecular weight is 1080 g/mol. The molecule has 3 aromatic heterocycles. The summed E-state index contributed by atoms with van der Waals surface area (Å²) in [6, 6.07) is 2.49. The predicted molar refractivity (Wildman–Crippen MR) is 283 cm³/mol. The van der Waals surface area contributed by atoms with Crippen LogP contribution < -0.4 is 15.6 Å². The highest BCUT2D eigenvalue weighted by molar-refractivity contribution is 7.10. The van der Waals surface area contributed by atoms with Crippen molar-refractivity contribution in [3.63, 3.8) is 0 Å². The number of hydrazine groups is 1. The molecule has 406 valence electrons. The standard InChI is InChI=1S/C54H71ClF2N10O7S/c1-9-65-42-24-38(56)35-23-34(42)37(46(65)36-22-33(27-58-44(36)32(4)73-8)63-20-18-62(7)19-21-63)26-53(5,6)30-74-51(71)39-12-10-16-67(61-39)49(69)40(25-43-59-41(35)28-75-43)60-48(68)45(31(2)3)66-15-11-13-54(52(66)72)14-17-64(29-54)50(70)47(55)57/h22-24,27-28,31-32,39-40,45,47,61H,9-21,25-26,29-30H2,1-8H3,(H,60,68)/t32-,39-,40-,45-,47+,54-/m0/s1. The van der Waals surface area contributed by atoms with Crippen LogP contribution in [-0.4, -0.2) is 161 Å². The molecule has 0 unspecified atom stereocenters. The molecule has 4 fully saturated rings. The maximum atomic E-state index is 17.0. The third kappa shape index (κ3) is 10.9. The number of amides is 4. The maximum Gasteiger partial charge on any atom is 0.324 e. The quantitative estimate of drug-likeness (QED) is 0.131. The molecule has 6 atom stereocenters. The van der Waals surface area contributed by atoms with Crippen molar-refractivity contribution in [2.75, 3.05) is 78.0 Å². The van der Waals surface area contributed by atoms with E-state index in [1.54, 1.807) is 18.6 Å². The van der Waals surface area contributed by atoms with Gasteiger partial charge in [0.05, 0.1) is 57.6 Å². The third-order valence-electron chi connectivity index (χ3n) is 16.0. The van der Waals surface area contributed by atoms with Gasteiger partial charge < -0.3 is 39.0 Å². The van der Waals surface area contributed by atoms with Crippen molar-refractivity contribution >= 4 is 69.1 Å². The SMILES string of the molecule is CCn1c(-c2cc(N3CCN(C)CC3)cnc2[C@H](C)OC)c2c3cc(c(F)cc31)-c1csc(n1)C[C@H](NC(=O)[C@H](C(C)C)N1CCC[C@@]3(CCN(C(=O)[C@@H](F)Cl)C3)C1=O)C(=O)N1CCC[C@H](N1)C(=O)OCC(C)(C)C2. The summed E-state index contributed by atoms with van der Waals surface area (Å²) in [4.78, 5) is 88.3.